The summed E-state index contributed by atoms with van der Waals surface area (Å²) >= 11 is 5.30. The molecule has 1 heterocycles. The number of H-pyrrole nitrogens is 1. The highest BCUT2D eigenvalue weighted by Gasteiger charge is 2.13. The summed E-state index contributed by atoms with van der Waals surface area (Å²) in [7, 11) is 0. The van der Waals surface area contributed by atoms with Gasteiger partial charge in [0.25, 0.3) is 0 Å². The third-order valence-electron chi connectivity index (χ3n) is 4.21. The van der Waals surface area contributed by atoms with Crippen LogP contribution in [0.25, 0.3) is 11.4 Å². The number of carbonyl (C=O) groups is 1. The van der Waals surface area contributed by atoms with Gasteiger partial charge in [-0.15, -0.1) is 0 Å². The van der Waals surface area contributed by atoms with Crippen molar-refractivity contribution in [3.8, 4) is 11.4 Å². The molecule has 0 aliphatic carbocycles. The Morgan fingerprint density at radius 3 is 2.65 bits per heavy atom. The van der Waals surface area contributed by atoms with Gasteiger partial charge in [0.2, 0.25) is 5.91 Å². The third-order valence-corrected chi connectivity index (χ3v) is 4.52. The van der Waals surface area contributed by atoms with Gasteiger partial charge in [-0.05, 0) is 42.8 Å². The number of amides is 1. The number of benzene rings is 2. The number of aromatic nitrogens is 3. The number of nitrogens with one attached hydrogen (secondary N) is 2. The Bertz CT molecular complexity index is 970. The quantitative estimate of drug-likeness (QED) is 0.645. The van der Waals surface area contributed by atoms with Crippen LogP contribution in [0.1, 0.15) is 30.9 Å². The molecule has 0 aliphatic heterocycles. The average Bonchev–Trinajstić information content (AvgIpc) is 2.96. The predicted octanol–water partition coefficient (Wildman–Crippen LogP) is 4.68. The lowest BCUT2D eigenvalue weighted by molar-refractivity contribution is -0.116. The Hall–Kier alpha value is -2.73. The maximum atomic E-state index is 12.5. The van der Waals surface area contributed by atoms with Gasteiger partial charge in [0.1, 0.15) is 6.54 Å². The van der Waals surface area contributed by atoms with Crippen LogP contribution >= 0.6 is 12.2 Å². The van der Waals surface area contributed by atoms with Gasteiger partial charge < -0.3 is 5.32 Å². The van der Waals surface area contributed by atoms with E-state index in [1.165, 1.54) is 5.56 Å². The minimum Gasteiger partial charge on any atom is -0.325 e. The van der Waals surface area contributed by atoms with E-state index in [1.807, 2.05) is 49.4 Å². The first-order valence-electron chi connectivity index (χ1n) is 8.56. The van der Waals surface area contributed by atoms with Crippen molar-refractivity contribution in [2.45, 2.75) is 33.2 Å². The van der Waals surface area contributed by atoms with E-state index in [-0.39, 0.29) is 12.5 Å². The molecule has 3 aromatic rings. The van der Waals surface area contributed by atoms with Crippen LogP contribution in [0.2, 0.25) is 0 Å². The average molecular weight is 366 g/mol. The molecule has 5 nitrogen and oxygen atoms in total. The molecule has 1 aromatic heterocycles. The standard InChI is InChI=1S/C20H22N4OS/c1-13(2)16-5-4-6-17(11-16)21-18(25)12-24-19(22-23-20(24)26)15-9-7-14(3)8-10-15/h4-11,13H,12H2,1-3H3,(H,21,25)(H,23,26). The Morgan fingerprint density at radius 1 is 1.23 bits per heavy atom. The van der Waals surface area contributed by atoms with Crippen molar-refractivity contribution in [2.75, 3.05) is 5.32 Å². The van der Waals surface area contributed by atoms with Crippen LogP contribution in [0.15, 0.2) is 48.5 Å². The lowest BCUT2D eigenvalue weighted by atomic mass is 10.0. The number of hydrogen-bond donors (Lipinski definition) is 2. The van der Waals surface area contributed by atoms with Crippen LogP contribution in [-0.2, 0) is 11.3 Å². The van der Waals surface area contributed by atoms with Gasteiger partial charge in [-0.1, -0.05) is 55.8 Å². The Kier molecular flexibility index (Phi) is 5.32. The number of rotatable bonds is 5. The van der Waals surface area contributed by atoms with Crippen LogP contribution < -0.4 is 5.32 Å². The Balaban J connectivity index is 1.80. The molecule has 2 N–H and O–H groups in total. The molecule has 26 heavy (non-hydrogen) atoms. The zero-order valence-electron chi connectivity index (χ0n) is 15.1. The summed E-state index contributed by atoms with van der Waals surface area (Å²) in [4.78, 5) is 12.5. The Labute approximate surface area is 158 Å². The molecule has 134 valence electrons. The van der Waals surface area contributed by atoms with Crippen LogP contribution in [0.5, 0.6) is 0 Å². The number of aryl methyl sites for hydroxylation is 1. The molecule has 3 rings (SSSR count). The summed E-state index contributed by atoms with van der Waals surface area (Å²) in [6.45, 7) is 6.38. The number of carbonyl (C=O) groups excluding carboxylic acids is 1. The van der Waals surface area contributed by atoms with Crippen molar-refractivity contribution in [3.05, 3.63) is 64.4 Å². The van der Waals surface area contributed by atoms with Crippen molar-refractivity contribution < 1.29 is 4.79 Å². The van der Waals surface area contributed by atoms with Gasteiger partial charge in [-0.2, -0.15) is 5.10 Å². The molecule has 6 heteroatoms. The molecular weight excluding hydrogens is 344 g/mol. The molecule has 2 aromatic carbocycles. The normalized spacial score (nSPS) is 10.9. The summed E-state index contributed by atoms with van der Waals surface area (Å²) < 4.78 is 2.13. The van der Waals surface area contributed by atoms with Gasteiger partial charge in [-0.25, -0.2) is 0 Å². The molecular formula is C20H22N4OS. The third kappa shape index (κ3) is 4.08. The summed E-state index contributed by atoms with van der Waals surface area (Å²) in [6.07, 6.45) is 0. The van der Waals surface area contributed by atoms with Crippen molar-refractivity contribution >= 4 is 23.8 Å². The fourth-order valence-electron chi connectivity index (χ4n) is 2.71. The van der Waals surface area contributed by atoms with E-state index < -0.39 is 0 Å². The van der Waals surface area contributed by atoms with Crippen molar-refractivity contribution in [1.82, 2.24) is 14.8 Å². The summed E-state index contributed by atoms with van der Waals surface area (Å²) in [6, 6.07) is 15.9. The zero-order valence-corrected chi connectivity index (χ0v) is 15.9. The first kappa shape index (κ1) is 18.1. The second-order valence-electron chi connectivity index (χ2n) is 6.63. The lowest BCUT2D eigenvalue weighted by Crippen LogP contribution is -2.19. The fourth-order valence-corrected chi connectivity index (χ4v) is 2.90. The monoisotopic (exact) mass is 366 g/mol. The highest BCUT2D eigenvalue weighted by Crippen LogP contribution is 2.20. The molecule has 0 spiro atoms. The molecule has 0 saturated heterocycles. The van der Waals surface area contributed by atoms with Crippen LogP contribution in [0.4, 0.5) is 5.69 Å². The van der Waals surface area contributed by atoms with Crippen LogP contribution in [0.3, 0.4) is 0 Å². The zero-order chi connectivity index (χ0) is 18.7. The molecule has 0 saturated carbocycles. The minimum absolute atomic E-state index is 0.102. The molecule has 0 aliphatic rings. The van der Waals surface area contributed by atoms with Crippen LogP contribution in [0, 0.1) is 11.7 Å². The molecule has 0 atom stereocenters. The van der Waals surface area contributed by atoms with E-state index in [2.05, 4.69) is 35.4 Å². The van der Waals surface area contributed by atoms with E-state index in [9.17, 15) is 4.79 Å². The van der Waals surface area contributed by atoms with Gasteiger partial charge in [0, 0.05) is 11.3 Å². The summed E-state index contributed by atoms with van der Waals surface area (Å²) in [5.74, 6) is 0.917. The second-order valence-corrected chi connectivity index (χ2v) is 7.02. The van der Waals surface area contributed by atoms with Crippen molar-refractivity contribution in [1.29, 1.82) is 0 Å². The van der Waals surface area contributed by atoms with Gasteiger partial charge in [0.05, 0.1) is 0 Å². The number of aromatic amines is 1. The molecule has 0 fully saturated rings. The molecule has 1 amide bonds. The van der Waals surface area contributed by atoms with Gasteiger partial charge in [0.15, 0.2) is 10.6 Å². The summed E-state index contributed by atoms with van der Waals surface area (Å²) in [5.41, 5.74) is 4.05. The van der Waals surface area contributed by atoms with Crippen LogP contribution in [-0.4, -0.2) is 20.7 Å². The summed E-state index contributed by atoms with van der Waals surface area (Å²) in [5, 5.41) is 10.0. The van der Waals surface area contributed by atoms with E-state index in [0.717, 1.165) is 16.8 Å². The smallest absolute Gasteiger partial charge is 0.244 e. The minimum atomic E-state index is -0.142. The van der Waals surface area contributed by atoms with Crippen molar-refractivity contribution in [3.63, 3.8) is 0 Å². The van der Waals surface area contributed by atoms with Gasteiger partial charge >= 0.3 is 0 Å². The maximum absolute atomic E-state index is 12.5. The first-order valence-corrected chi connectivity index (χ1v) is 8.97. The van der Waals surface area contributed by atoms with E-state index >= 15 is 0 Å². The maximum Gasteiger partial charge on any atom is 0.244 e. The molecule has 0 bridgehead atoms. The first-order chi connectivity index (χ1) is 12.4. The SMILES string of the molecule is Cc1ccc(-c2n[nH]c(=S)n2CC(=O)Nc2cccc(C(C)C)c2)cc1. The predicted molar refractivity (Wildman–Crippen MR) is 107 cm³/mol. The van der Waals surface area contributed by atoms with Gasteiger partial charge in [-0.3, -0.25) is 14.5 Å². The van der Waals surface area contributed by atoms with Crippen molar-refractivity contribution in [2.24, 2.45) is 0 Å². The van der Waals surface area contributed by atoms with E-state index in [0.29, 0.717) is 16.5 Å². The largest absolute Gasteiger partial charge is 0.325 e. The highest BCUT2D eigenvalue weighted by molar-refractivity contribution is 7.71. The lowest BCUT2D eigenvalue weighted by Gasteiger charge is -2.11. The topological polar surface area (TPSA) is 62.7 Å². The molecule has 0 radical (unpaired) electrons. The number of anilines is 1. The molecule has 0 unspecified atom stereocenters. The number of hydrogen-bond acceptors (Lipinski definition) is 3. The van der Waals surface area contributed by atoms with E-state index in [1.54, 1.807) is 4.57 Å². The highest BCUT2D eigenvalue weighted by atomic mass is 32.1. The fraction of sp³-hybridized carbons (Fsp3) is 0.250. The second kappa shape index (κ2) is 7.66. The number of nitrogens with zero attached hydrogens (tertiary/aromatic N) is 2. The Morgan fingerprint density at radius 2 is 1.96 bits per heavy atom. The van der Waals surface area contributed by atoms with E-state index in [4.69, 9.17) is 12.2 Å².